The summed E-state index contributed by atoms with van der Waals surface area (Å²) in [6, 6.07) is 14.5. The number of methoxy groups -OCH3 is 1. The van der Waals surface area contributed by atoms with Gasteiger partial charge >= 0.3 is 5.97 Å². The molecule has 148 valence electrons. The molecule has 2 aromatic carbocycles. The molecule has 0 saturated carbocycles. The number of rotatable bonds is 3. The molecule has 0 fully saturated rings. The third-order valence-corrected chi connectivity index (χ3v) is 6.00. The van der Waals surface area contributed by atoms with E-state index in [4.69, 9.17) is 4.74 Å². The Balaban J connectivity index is 1.92. The smallest absolute Gasteiger partial charge is 0.337 e. The Kier molecular flexibility index (Phi) is 5.52. The van der Waals surface area contributed by atoms with Crippen LogP contribution in [0.15, 0.2) is 42.5 Å². The number of hydrogen-bond acceptors (Lipinski definition) is 2. The number of allylic oxidation sites excluding steroid dienone is 1. The van der Waals surface area contributed by atoms with Crippen molar-refractivity contribution in [2.24, 2.45) is 5.41 Å². The zero-order valence-electron chi connectivity index (χ0n) is 18.1. The van der Waals surface area contributed by atoms with E-state index in [1.807, 2.05) is 24.3 Å². The lowest BCUT2D eigenvalue weighted by molar-refractivity contribution is 0.0600. The van der Waals surface area contributed by atoms with Crippen molar-refractivity contribution in [3.63, 3.8) is 0 Å². The minimum Gasteiger partial charge on any atom is -0.465 e. The van der Waals surface area contributed by atoms with Crippen LogP contribution in [0.25, 0.3) is 11.6 Å². The first kappa shape index (κ1) is 20.4. The SMILES string of the molecule is COC(=O)c1ccc(/C=C(\C)c2ccc3c(c2)C(C)(C)CC(C)(C)CC3)cc1. The number of fused-ring (bicyclic) bond motifs is 1. The fourth-order valence-electron chi connectivity index (χ4n) is 4.69. The molecule has 2 aromatic rings. The average Bonchev–Trinajstić information content (AvgIpc) is 2.74. The van der Waals surface area contributed by atoms with E-state index in [0.29, 0.717) is 11.0 Å². The van der Waals surface area contributed by atoms with Crippen LogP contribution in [0.2, 0.25) is 0 Å². The molecule has 0 bridgehead atoms. The van der Waals surface area contributed by atoms with Gasteiger partial charge in [-0.05, 0) is 77.0 Å². The average molecular weight is 377 g/mol. The molecular formula is C26H32O2. The van der Waals surface area contributed by atoms with Crippen molar-refractivity contribution >= 4 is 17.6 Å². The van der Waals surface area contributed by atoms with Crippen LogP contribution in [0.4, 0.5) is 0 Å². The fourth-order valence-corrected chi connectivity index (χ4v) is 4.69. The normalized spacial score (nSPS) is 18.1. The lowest BCUT2D eigenvalue weighted by Crippen LogP contribution is -2.25. The lowest BCUT2D eigenvalue weighted by atomic mass is 9.72. The maximum absolute atomic E-state index is 11.6. The minimum absolute atomic E-state index is 0.174. The van der Waals surface area contributed by atoms with Crippen LogP contribution in [0, 0.1) is 5.41 Å². The third-order valence-electron chi connectivity index (χ3n) is 6.00. The molecule has 0 N–H and O–H groups in total. The Labute approximate surface area is 169 Å². The Morgan fingerprint density at radius 3 is 2.29 bits per heavy atom. The van der Waals surface area contributed by atoms with Gasteiger partial charge in [-0.1, -0.05) is 64.1 Å². The maximum atomic E-state index is 11.6. The number of esters is 1. The molecule has 1 aliphatic carbocycles. The topological polar surface area (TPSA) is 26.3 Å². The first-order valence-corrected chi connectivity index (χ1v) is 10.1. The van der Waals surface area contributed by atoms with Crippen LogP contribution in [0.1, 0.15) is 80.1 Å². The summed E-state index contributed by atoms with van der Waals surface area (Å²) < 4.78 is 4.77. The van der Waals surface area contributed by atoms with E-state index in [1.54, 1.807) is 0 Å². The van der Waals surface area contributed by atoms with Crippen LogP contribution in [0.5, 0.6) is 0 Å². The lowest BCUT2D eigenvalue weighted by Gasteiger charge is -2.33. The number of benzene rings is 2. The monoisotopic (exact) mass is 376 g/mol. The number of aryl methyl sites for hydroxylation is 1. The van der Waals surface area contributed by atoms with E-state index in [-0.39, 0.29) is 11.4 Å². The van der Waals surface area contributed by atoms with E-state index in [9.17, 15) is 4.79 Å². The van der Waals surface area contributed by atoms with E-state index in [0.717, 1.165) is 12.0 Å². The minimum atomic E-state index is -0.303. The van der Waals surface area contributed by atoms with E-state index >= 15 is 0 Å². The highest BCUT2D eigenvalue weighted by molar-refractivity contribution is 5.90. The number of carbonyl (C=O) groups is 1. The van der Waals surface area contributed by atoms with Crippen molar-refractivity contribution in [3.8, 4) is 0 Å². The summed E-state index contributed by atoms with van der Waals surface area (Å²) in [5.74, 6) is -0.303. The van der Waals surface area contributed by atoms with Gasteiger partial charge in [0.25, 0.3) is 0 Å². The van der Waals surface area contributed by atoms with Crippen molar-refractivity contribution < 1.29 is 9.53 Å². The molecule has 28 heavy (non-hydrogen) atoms. The summed E-state index contributed by atoms with van der Waals surface area (Å²) in [4.78, 5) is 11.6. The van der Waals surface area contributed by atoms with Gasteiger partial charge in [-0.3, -0.25) is 0 Å². The fraction of sp³-hybridized carbons (Fsp3) is 0.423. The van der Waals surface area contributed by atoms with Crippen LogP contribution in [0.3, 0.4) is 0 Å². The number of ether oxygens (including phenoxy) is 1. The molecule has 0 spiro atoms. The molecule has 0 heterocycles. The highest BCUT2D eigenvalue weighted by atomic mass is 16.5. The summed E-state index contributed by atoms with van der Waals surface area (Å²) in [5, 5.41) is 0. The molecule has 0 aromatic heterocycles. The largest absolute Gasteiger partial charge is 0.465 e. The van der Waals surface area contributed by atoms with Crippen LogP contribution >= 0.6 is 0 Å². The Bertz CT molecular complexity index is 899. The summed E-state index contributed by atoms with van der Waals surface area (Å²) >= 11 is 0. The molecular weight excluding hydrogens is 344 g/mol. The number of carbonyl (C=O) groups excluding carboxylic acids is 1. The van der Waals surface area contributed by atoms with E-state index in [2.05, 4.69) is 58.9 Å². The molecule has 0 amide bonds. The van der Waals surface area contributed by atoms with Gasteiger partial charge < -0.3 is 4.74 Å². The van der Waals surface area contributed by atoms with Crippen LogP contribution in [-0.4, -0.2) is 13.1 Å². The maximum Gasteiger partial charge on any atom is 0.337 e. The van der Waals surface area contributed by atoms with Gasteiger partial charge in [0.05, 0.1) is 12.7 Å². The first-order chi connectivity index (χ1) is 13.1. The Hall–Kier alpha value is -2.35. The first-order valence-electron chi connectivity index (χ1n) is 10.1. The summed E-state index contributed by atoms with van der Waals surface area (Å²) in [6.07, 6.45) is 5.78. The summed E-state index contributed by atoms with van der Waals surface area (Å²) in [6.45, 7) is 11.7. The van der Waals surface area contributed by atoms with Crippen molar-refractivity contribution in [2.45, 2.75) is 59.3 Å². The van der Waals surface area contributed by atoms with Gasteiger partial charge in [-0.2, -0.15) is 0 Å². The van der Waals surface area contributed by atoms with Gasteiger partial charge in [-0.25, -0.2) is 4.79 Å². The second kappa shape index (κ2) is 7.58. The zero-order valence-corrected chi connectivity index (χ0v) is 18.1. The standard InChI is InChI=1S/C26H32O2/c1-18(15-19-7-9-21(10-8-19)24(27)28-6)22-12-11-20-13-14-25(2,3)17-26(4,5)23(20)16-22/h7-12,15-16H,13-14,17H2,1-6H3/b18-15+. The van der Waals surface area contributed by atoms with Crippen molar-refractivity contribution in [2.75, 3.05) is 7.11 Å². The molecule has 3 rings (SSSR count). The van der Waals surface area contributed by atoms with Gasteiger partial charge in [0.2, 0.25) is 0 Å². The predicted octanol–water partition coefficient (Wildman–Crippen LogP) is 6.67. The quantitative estimate of drug-likeness (QED) is 0.339. The zero-order chi connectivity index (χ0) is 20.5. The van der Waals surface area contributed by atoms with Crippen molar-refractivity contribution in [1.29, 1.82) is 0 Å². The van der Waals surface area contributed by atoms with Crippen molar-refractivity contribution in [1.82, 2.24) is 0 Å². The van der Waals surface area contributed by atoms with Gasteiger partial charge in [0, 0.05) is 0 Å². The predicted molar refractivity (Wildman–Crippen MR) is 118 cm³/mol. The van der Waals surface area contributed by atoms with E-state index < -0.39 is 0 Å². The van der Waals surface area contributed by atoms with E-state index in [1.165, 1.54) is 42.2 Å². The van der Waals surface area contributed by atoms with Crippen LogP contribution in [-0.2, 0) is 16.6 Å². The molecule has 2 nitrogen and oxygen atoms in total. The second-order valence-corrected chi connectivity index (χ2v) is 9.54. The summed E-state index contributed by atoms with van der Waals surface area (Å²) in [7, 11) is 1.40. The molecule has 0 saturated heterocycles. The highest BCUT2D eigenvalue weighted by Gasteiger charge is 2.34. The Morgan fingerprint density at radius 2 is 1.64 bits per heavy atom. The molecule has 0 atom stereocenters. The summed E-state index contributed by atoms with van der Waals surface area (Å²) in [5.41, 5.74) is 7.69. The molecule has 0 radical (unpaired) electrons. The molecule has 0 aliphatic heterocycles. The molecule has 0 unspecified atom stereocenters. The van der Waals surface area contributed by atoms with Crippen molar-refractivity contribution in [3.05, 3.63) is 70.3 Å². The Morgan fingerprint density at radius 1 is 1.00 bits per heavy atom. The van der Waals surface area contributed by atoms with Gasteiger partial charge in [-0.15, -0.1) is 0 Å². The number of hydrogen-bond donors (Lipinski definition) is 0. The molecule has 2 heteroatoms. The second-order valence-electron chi connectivity index (χ2n) is 9.54. The molecule has 1 aliphatic rings. The highest BCUT2D eigenvalue weighted by Crippen LogP contribution is 2.44. The van der Waals surface area contributed by atoms with Gasteiger partial charge in [0.15, 0.2) is 0 Å². The van der Waals surface area contributed by atoms with Crippen LogP contribution < -0.4 is 0 Å². The third kappa shape index (κ3) is 4.38. The van der Waals surface area contributed by atoms with Gasteiger partial charge in [0.1, 0.15) is 0 Å².